The number of rotatable bonds is 12. The van der Waals surface area contributed by atoms with Crippen molar-refractivity contribution in [3.8, 4) is 0 Å². The Balaban J connectivity index is 2.16. The zero-order chi connectivity index (χ0) is 24.2. The van der Waals surface area contributed by atoms with E-state index in [9.17, 15) is 19.2 Å². The molecule has 0 radical (unpaired) electrons. The lowest BCUT2D eigenvalue weighted by Crippen LogP contribution is -2.51. The van der Waals surface area contributed by atoms with Crippen molar-refractivity contribution in [2.24, 2.45) is 11.8 Å². The maximum absolute atomic E-state index is 13.2. The molecule has 0 aliphatic carbocycles. The van der Waals surface area contributed by atoms with Crippen LogP contribution in [0.4, 0.5) is 0 Å². The van der Waals surface area contributed by atoms with Gasteiger partial charge in [-0.2, -0.15) is 0 Å². The molecule has 1 aliphatic heterocycles. The third kappa shape index (κ3) is 9.47. The molecule has 0 bridgehead atoms. The predicted molar refractivity (Wildman–Crippen MR) is 125 cm³/mol. The molecule has 1 heterocycles. The maximum atomic E-state index is 13.2. The molecule has 1 fully saturated rings. The molecule has 1 aliphatic rings. The molecule has 0 unspecified atom stereocenters. The summed E-state index contributed by atoms with van der Waals surface area (Å²) in [7, 11) is 0. The minimum atomic E-state index is -0.783. The summed E-state index contributed by atoms with van der Waals surface area (Å²) < 4.78 is 4.93. The fourth-order valence-corrected chi connectivity index (χ4v) is 3.71. The average molecular weight is 458 g/mol. The summed E-state index contributed by atoms with van der Waals surface area (Å²) in [5.74, 6) is -1.25. The lowest BCUT2D eigenvalue weighted by atomic mass is 9.97. The number of ether oxygens (including phenoxy) is 1. The number of hydrogen-bond acceptors (Lipinski definition) is 5. The second-order valence-corrected chi connectivity index (χ2v) is 8.65. The third-order valence-electron chi connectivity index (χ3n) is 5.31. The number of esters is 1. The highest BCUT2D eigenvalue weighted by molar-refractivity contribution is 5.88. The van der Waals surface area contributed by atoms with E-state index in [0.717, 1.165) is 5.56 Å². The average Bonchev–Trinajstić information content (AvgIpc) is 3.16. The number of carbonyl (C=O) groups is 4. The van der Waals surface area contributed by atoms with Gasteiger partial charge in [0.15, 0.2) is 0 Å². The Hall–Kier alpha value is -3.16. The smallest absolute Gasteiger partial charge is 0.330 e. The topological polar surface area (TPSA) is 114 Å². The van der Waals surface area contributed by atoms with E-state index in [2.05, 4.69) is 16.0 Å². The second-order valence-electron chi connectivity index (χ2n) is 8.65. The van der Waals surface area contributed by atoms with Gasteiger partial charge in [-0.3, -0.25) is 14.4 Å². The number of amides is 3. The molecule has 0 saturated carbocycles. The van der Waals surface area contributed by atoms with Crippen LogP contribution in [0.15, 0.2) is 42.5 Å². The number of hydrogen-bond donors (Lipinski definition) is 3. The lowest BCUT2D eigenvalue weighted by molar-refractivity contribution is -0.137. The first-order valence-electron chi connectivity index (χ1n) is 11.5. The van der Waals surface area contributed by atoms with Gasteiger partial charge in [0, 0.05) is 37.4 Å². The molecular formula is C25H35N3O5. The van der Waals surface area contributed by atoms with Crippen molar-refractivity contribution in [1.82, 2.24) is 16.0 Å². The Morgan fingerprint density at radius 3 is 2.52 bits per heavy atom. The van der Waals surface area contributed by atoms with E-state index in [4.69, 9.17) is 4.74 Å². The standard InChI is InChI=1S/C25H35N3O5/c1-4-33-23(30)11-10-20(16-19-12-13-26-24(19)31)27-25(32)21(28-22(29)14-17(2)3)15-18-8-6-5-7-9-18/h5-11,17,19-21H,4,12-16H2,1-3H3,(H,26,31)(H,27,32)(H,28,29)/t19-,20+,21-/m0/s1. The minimum absolute atomic E-state index is 0.0649. The molecule has 1 saturated heterocycles. The summed E-state index contributed by atoms with van der Waals surface area (Å²) in [6.07, 6.45) is 4.48. The fourth-order valence-electron chi connectivity index (χ4n) is 3.71. The summed E-state index contributed by atoms with van der Waals surface area (Å²) in [4.78, 5) is 49.5. The van der Waals surface area contributed by atoms with Gasteiger partial charge in [0.2, 0.25) is 17.7 Å². The van der Waals surface area contributed by atoms with Crippen LogP contribution in [0.25, 0.3) is 0 Å². The molecule has 3 N–H and O–H groups in total. The quantitative estimate of drug-likeness (QED) is 0.328. The third-order valence-corrected chi connectivity index (χ3v) is 5.31. The van der Waals surface area contributed by atoms with Gasteiger partial charge in [0.1, 0.15) is 6.04 Å². The summed E-state index contributed by atoms with van der Waals surface area (Å²) in [5, 5.41) is 8.55. The Morgan fingerprint density at radius 1 is 1.18 bits per heavy atom. The number of carbonyl (C=O) groups excluding carboxylic acids is 4. The van der Waals surface area contributed by atoms with Crippen molar-refractivity contribution in [2.45, 2.75) is 58.5 Å². The predicted octanol–water partition coefficient (Wildman–Crippen LogP) is 1.89. The van der Waals surface area contributed by atoms with E-state index in [-0.39, 0.29) is 36.2 Å². The van der Waals surface area contributed by atoms with Gasteiger partial charge in [0.25, 0.3) is 0 Å². The van der Waals surface area contributed by atoms with Crippen LogP contribution in [0.3, 0.4) is 0 Å². The Labute approximate surface area is 195 Å². The highest BCUT2D eigenvalue weighted by Gasteiger charge is 2.29. The van der Waals surface area contributed by atoms with Crippen molar-refractivity contribution in [3.05, 3.63) is 48.0 Å². The van der Waals surface area contributed by atoms with Crippen LogP contribution < -0.4 is 16.0 Å². The van der Waals surface area contributed by atoms with Gasteiger partial charge in [-0.05, 0) is 31.2 Å². The molecule has 1 aromatic rings. The van der Waals surface area contributed by atoms with E-state index in [1.165, 1.54) is 6.08 Å². The van der Waals surface area contributed by atoms with Gasteiger partial charge in [-0.1, -0.05) is 50.3 Å². The normalized spacial score (nSPS) is 17.5. The molecule has 2 rings (SSSR count). The molecule has 33 heavy (non-hydrogen) atoms. The van der Waals surface area contributed by atoms with Gasteiger partial charge in [0.05, 0.1) is 6.61 Å². The van der Waals surface area contributed by atoms with Crippen LogP contribution in [0.1, 0.15) is 45.6 Å². The van der Waals surface area contributed by atoms with Gasteiger partial charge in [-0.15, -0.1) is 0 Å². The van der Waals surface area contributed by atoms with Gasteiger partial charge >= 0.3 is 5.97 Å². The largest absolute Gasteiger partial charge is 0.463 e. The van der Waals surface area contributed by atoms with E-state index in [1.54, 1.807) is 13.0 Å². The molecular weight excluding hydrogens is 422 g/mol. The van der Waals surface area contributed by atoms with Gasteiger partial charge in [-0.25, -0.2) is 4.79 Å². The highest BCUT2D eigenvalue weighted by Crippen LogP contribution is 2.17. The van der Waals surface area contributed by atoms with Crippen LogP contribution in [-0.4, -0.2) is 48.9 Å². The Kier molecular flexibility index (Phi) is 10.6. The van der Waals surface area contributed by atoms with Crippen molar-refractivity contribution in [1.29, 1.82) is 0 Å². The summed E-state index contributed by atoms with van der Waals surface area (Å²) >= 11 is 0. The first kappa shape index (κ1) is 26.1. The molecule has 3 atom stereocenters. The van der Waals surface area contributed by atoms with Crippen LogP contribution in [-0.2, 0) is 30.3 Å². The van der Waals surface area contributed by atoms with Crippen LogP contribution in [0.5, 0.6) is 0 Å². The van der Waals surface area contributed by atoms with E-state index >= 15 is 0 Å². The summed E-state index contributed by atoms with van der Waals surface area (Å²) in [6, 6.07) is 8.10. The number of nitrogens with one attached hydrogen (secondary N) is 3. The molecule has 1 aromatic carbocycles. The zero-order valence-corrected chi connectivity index (χ0v) is 19.6. The molecule has 180 valence electrons. The van der Waals surface area contributed by atoms with Crippen molar-refractivity contribution in [2.75, 3.05) is 13.2 Å². The first-order chi connectivity index (χ1) is 15.8. The summed E-state index contributed by atoms with van der Waals surface area (Å²) in [5.41, 5.74) is 0.913. The minimum Gasteiger partial charge on any atom is -0.463 e. The molecule has 8 nitrogen and oxygen atoms in total. The molecule has 3 amide bonds. The van der Waals surface area contributed by atoms with Gasteiger partial charge < -0.3 is 20.7 Å². The summed E-state index contributed by atoms with van der Waals surface area (Å²) in [6.45, 7) is 6.42. The molecule has 0 aromatic heterocycles. The Bertz CT molecular complexity index is 838. The van der Waals surface area contributed by atoms with Crippen LogP contribution in [0, 0.1) is 11.8 Å². The van der Waals surface area contributed by atoms with Crippen molar-refractivity contribution in [3.63, 3.8) is 0 Å². The maximum Gasteiger partial charge on any atom is 0.330 e. The monoisotopic (exact) mass is 457 g/mol. The molecule has 8 heteroatoms. The second kappa shape index (κ2) is 13.4. The zero-order valence-electron chi connectivity index (χ0n) is 19.6. The lowest BCUT2D eigenvalue weighted by Gasteiger charge is -2.23. The van der Waals surface area contributed by atoms with E-state index in [0.29, 0.717) is 32.2 Å². The van der Waals surface area contributed by atoms with Crippen LogP contribution >= 0.6 is 0 Å². The van der Waals surface area contributed by atoms with E-state index < -0.39 is 18.1 Å². The SMILES string of the molecule is CCOC(=O)C=C[C@H](C[C@@H]1CCNC1=O)NC(=O)[C@H](Cc1ccccc1)NC(=O)CC(C)C. The first-order valence-corrected chi connectivity index (χ1v) is 11.5. The fraction of sp³-hybridized carbons (Fsp3) is 0.520. The number of benzene rings is 1. The van der Waals surface area contributed by atoms with Crippen molar-refractivity contribution >= 4 is 23.7 Å². The van der Waals surface area contributed by atoms with E-state index in [1.807, 2.05) is 44.2 Å². The Morgan fingerprint density at radius 2 is 1.91 bits per heavy atom. The van der Waals surface area contributed by atoms with Crippen molar-refractivity contribution < 1.29 is 23.9 Å². The molecule has 0 spiro atoms. The van der Waals surface area contributed by atoms with Crippen LogP contribution in [0.2, 0.25) is 0 Å². The highest BCUT2D eigenvalue weighted by atomic mass is 16.5.